The summed E-state index contributed by atoms with van der Waals surface area (Å²) < 4.78 is 0. The summed E-state index contributed by atoms with van der Waals surface area (Å²) in [6.45, 7) is 0. The summed E-state index contributed by atoms with van der Waals surface area (Å²) in [5.74, 6) is -1.24. The van der Waals surface area contributed by atoms with Crippen LogP contribution in [0.5, 0.6) is 0 Å². The van der Waals surface area contributed by atoms with E-state index in [1.807, 2.05) is 18.2 Å². The molecule has 11 heteroatoms. The predicted molar refractivity (Wildman–Crippen MR) is 164 cm³/mol. The second kappa shape index (κ2) is 12.8. The number of carboxylic acids is 1. The van der Waals surface area contributed by atoms with Crippen molar-refractivity contribution in [1.29, 1.82) is 0 Å². The van der Waals surface area contributed by atoms with Crippen LogP contribution in [0.1, 0.15) is 59.5 Å². The number of pyridine rings is 1. The Morgan fingerprint density at radius 3 is 2.24 bits per heavy atom. The molecule has 9 nitrogen and oxygen atoms in total. The highest BCUT2D eigenvalue weighted by molar-refractivity contribution is 6.40. The summed E-state index contributed by atoms with van der Waals surface area (Å²) in [5, 5.41) is 18.6. The number of aromatic nitrogens is 1. The molecule has 3 aromatic carbocycles. The summed E-state index contributed by atoms with van der Waals surface area (Å²) in [4.78, 5) is 53.4. The van der Waals surface area contributed by atoms with Gasteiger partial charge in [-0.2, -0.15) is 0 Å². The van der Waals surface area contributed by atoms with Gasteiger partial charge in [0.05, 0.1) is 15.6 Å². The van der Waals surface area contributed by atoms with Crippen molar-refractivity contribution in [1.82, 2.24) is 4.98 Å². The van der Waals surface area contributed by atoms with Crippen LogP contribution >= 0.6 is 23.2 Å². The third-order valence-corrected chi connectivity index (χ3v) is 8.06. The zero-order chi connectivity index (χ0) is 29.8. The summed E-state index contributed by atoms with van der Waals surface area (Å²) in [6.07, 6.45) is 8.52. The summed E-state index contributed by atoms with van der Waals surface area (Å²) in [6, 6.07) is 13.1. The van der Waals surface area contributed by atoms with Gasteiger partial charge in [-0.25, -0.2) is 4.79 Å². The van der Waals surface area contributed by atoms with E-state index in [0.29, 0.717) is 22.9 Å². The van der Waals surface area contributed by atoms with Gasteiger partial charge in [-0.3, -0.25) is 19.4 Å². The molecule has 1 aromatic heterocycles. The average Bonchev–Trinajstić information content (AvgIpc) is 2.99. The van der Waals surface area contributed by atoms with E-state index in [9.17, 15) is 24.3 Å². The molecule has 0 radical (unpaired) electrons. The highest BCUT2D eigenvalue weighted by Gasteiger charge is 2.27. The summed E-state index contributed by atoms with van der Waals surface area (Å²) >= 11 is 12.1. The molecule has 4 N–H and O–H groups in total. The van der Waals surface area contributed by atoms with Crippen molar-refractivity contribution in [2.24, 2.45) is 0 Å². The maximum absolute atomic E-state index is 12.6. The molecule has 5 rings (SSSR count). The molecule has 1 aliphatic rings. The first-order chi connectivity index (χ1) is 20.2. The quantitative estimate of drug-likeness (QED) is 0.158. The van der Waals surface area contributed by atoms with Crippen LogP contribution in [-0.2, 0) is 11.2 Å². The third-order valence-electron chi connectivity index (χ3n) is 7.49. The van der Waals surface area contributed by atoms with Crippen molar-refractivity contribution < 1.29 is 14.7 Å². The molecular weight excluding hydrogens is 579 g/mol. The lowest BCUT2D eigenvalue weighted by Gasteiger charge is -2.23. The Kier molecular flexibility index (Phi) is 8.89. The van der Waals surface area contributed by atoms with Gasteiger partial charge >= 0.3 is 5.97 Å². The van der Waals surface area contributed by atoms with E-state index in [1.165, 1.54) is 37.2 Å². The molecule has 0 unspecified atom stereocenters. The molecule has 1 saturated carbocycles. The Morgan fingerprint density at radius 1 is 0.905 bits per heavy atom. The van der Waals surface area contributed by atoms with Crippen molar-refractivity contribution in [3.05, 3.63) is 108 Å². The fourth-order valence-corrected chi connectivity index (χ4v) is 5.79. The lowest BCUT2D eigenvalue weighted by atomic mass is 9.84. The zero-order valence-electron chi connectivity index (χ0n) is 22.5. The maximum atomic E-state index is 12.6. The largest absolute Gasteiger partial charge is 0.480 e. The van der Waals surface area contributed by atoms with Gasteiger partial charge in [-0.15, -0.1) is 0 Å². The van der Waals surface area contributed by atoms with Gasteiger partial charge in [0.25, 0.3) is 16.8 Å². The molecule has 4 aromatic rings. The number of hydrogen-bond donors (Lipinski definition) is 4. The maximum Gasteiger partial charge on any atom is 0.326 e. The van der Waals surface area contributed by atoms with Gasteiger partial charge in [0, 0.05) is 30.2 Å². The topological polar surface area (TPSA) is 137 Å². The van der Waals surface area contributed by atoms with E-state index in [0.717, 1.165) is 12.8 Å². The van der Waals surface area contributed by atoms with Gasteiger partial charge < -0.3 is 21.1 Å². The standard InChI is InChI=1S/C31H28Cl2N4O5/c32-22-15-34-16-23(33)25(22)30(40)36-20-11-9-17(10-12-20)13-24(31(41)42)37-27-26(28(38)29(27)39)35-21-8-4-7-19(14-21)18-5-2-1-3-6-18/h4,7-12,14-16,18,24,35,37H,1-3,5-6,13H2,(H,36,40)(H,41,42)/t24-/m0/s1. The molecule has 1 aliphatic carbocycles. The van der Waals surface area contributed by atoms with Crippen LogP contribution in [0.15, 0.2) is 70.5 Å². The van der Waals surface area contributed by atoms with Crippen LogP contribution in [0.2, 0.25) is 10.0 Å². The molecule has 0 aliphatic heterocycles. The van der Waals surface area contributed by atoms with E-state index in [2.05, 4.69) is 27.0 Å². The lowest BCUT2D eigenvalue weighted by molar-refractivity contribution is -0.137. The Bertz CT molecular complexity index is 1670. The Morgan fingerprint density at radius 2 is 1.57 bits per heavy atom. The predicted octanol–water partition coefficient (Wildman–Crippen LogP) is 6.14. The Hall–Kier alpha value is -4.21. The van der Waals surface area contributed by atoms with E-state index in [4.69, 9.17) is 23.2 Å². The van der Waals surface area contributed by atoms with Gasteiger partial charge in [-0.1, -0.05) is 66.7 Å². The molecular formula is C31H28Cl2N4O5. The normalized spacial score (nSPS) is 14.3. The van der Waals surface area contributed by atoms with Crippen LogP contribution in [0.3, 0.4) is 0 Å². The minimum Gasteiger partial charge on any atom is -0.480 e. The number of carbonyl (C=O) groups excluding carboxylic acids is 1. The van der Waals surface area contributed by atoms with E-state index in [-0.39, 0.29) is 33.4 Å². The second-order valence-electron chi connectivity index (χ2n) is 10.4. The van der Waals surface area contributed by atoms with E-state index < -0.39 is 28.8 Å². The van der Waals surface area contributed by atoms with E-state index >= 15 is 0 Å². The number of halogens is 2. The number of hydrogen-bond acceptors (Lipinski definition) is 7. The van der Waals surface area contributed by atoms with Crippen molar-refractivity contribution in [3.63, 3.8) is 0 Å². The van der Waals surface area contributed by atoms with Gasteiger partial charge in [0.1, 0.15) is 17.4 Å². The molecule has 216 valence electrons. The zero-order valence-corrected chi connectivity index (χ0v) is 24.0. The second-order valence-corrected chi connectivity index (χ2v) is 11.2. The molecule has 42 heavy (non-hydrogen) atoms. The highest BCUT2D eigenvalue weighted by Crippen LogP contribution is 2.34. The van der Waals surface area contributed by atoms with Gasteiger partial charge in [0.15, 0.2) is 0 Å². The summed E-state index contributed by atoms with van der Waals surface area (Å²) in [5.41, 5.74) is 1.56. The van der Waals surface area contributed by atoms with Crippen molar-refractivity contribution in [2.45, 2.75) is 50.5 Å². The van der Waals surface area contributed by atoms with Crippen LogP contribution in [0.4, 0.5) is 22.7 Å². The Labute approximate surface area is 251 Å². The van der Waals surface area contributed by atoms with Gasteiger partial charge in [0.2, 0.25) is 0 Å². The number of amides is 1. The monoisotopic (exact) mass is 606 g/mol. The molecule has 0 saturated heterocycles. The number of aliphatic carboxylic acids is 1. The fourth-order valence-electron chi connectivity index (χ4n) is 5.26. The number of anilines is 4. The molecule has 1 amide bonds. The van der Waals surface area contributed by atoms with Crippen molar-refractivity contribution in [2.75, 3.05) is 16.0 Å². The first-order valence-corrected chi connectivity index (χ1v) is 14.4. The molecule has 1 heterocycles. The van der Waals surface area contributed by atoms with E-state index in [1.54, 1.807) is 24.3 Å². The van der Waals surface area contributed by atoms with Crippen molar-refractivity contribution in [3.8, 4) is 0 Å². The number of benzene rings is 2. The fraction of sp³-hybridized carbons (Fsp3) is 0.258. The van der Waals surface area contributed by atoms with Crippen LogP contribution in [-0.4, -0.2) is 28.0 Å². The van der Waals surface area contributed by atoms with Crippen LogP contribution < -0.4 is 26.8 Å². The number of carboxylic acid groups (broad SMARTS) is 1. The van der Waals surface area contributed by atoms with Gasteiger partial charge in [-0.05, 0) is 54.2 Å². The van der Waals surface area contributed by atoms with Crippen molar-refractivity contribution >= 4 is 57.8 Å². The first-order valence-electron chi connectivity index (χ1n) is 13.6. The highest BCUT2D eigenvalue weighted by atomic mass is 35.5. The number of nitrogens with one attached hydrogen (secondary N) is 3. The lowest BCUT2D eigenvalue weighted by Crippen LogP contribution is -2.42. The molecule has 0 spiro atoms. The molecule has 1 fully saturated rings. The van der Waals surface area contributed by atoms with Crippen LogP contribution in [0.25, 0.3) is 0 Å². The molecule has 0 bridgehead atoms. The number of nitrogens with zero attached hydrogens (tertiary/aromatic N) is 1. The minimum atomic E-state index is -1.19. The van der Waals surface area contributed by atoms with Crippen LogP contribution in [0, 0.1) is 0 Å². The number of rotatable bonds is 10. The first kappa shape index (κ1) is 29.3. The molecule has 1 atom stereocenters. The average molecular weight is 607 g/mol. The summed E-state index contributed by atoms with van der Waals surface area (Å²) in [7, 11) is 0. The number of carbonyl (C=O) groups is 2. The third kappa shape index (κ3) is 6.48. The minimum absolute atomic E-state index is 0.0149. The smallest absolute Gasteiger partial charge is 0.326 e. The SMILES string of the molecule is O=C(Nc1ccc(C[C@H](Nc2c(Nc3cccc(C4CCCCC4)c3)c(=O)c2=O)C(=O)O)cc1)c1c(Cl)cncc1Cl. The Balaban J connectivity index is 1.26.